The predicted octanol–water partition coefficient (Wildman–Crippen LogP) is 5.21. The Labute approximate surface area is 220 Å². The number of amides is 2. The molecule has 0 spiro atoms. The van der Waals surface area contributed by atoms with Crippen LogP contribution in [-0.2, 0) is 22.6 Å². The van der Waals surface area contributed by atoms with Gasteiger partial charge in [-0.3, -0.25) is 9.59 Å². The smallest absolute Gasteiger partial charge is 0.246 e. The fourth-order valence-corrected chi connectivity index (χ4v) is 6.26. The number of benzene rings is 4. The number of carbonyl (C=O) groups is 2. The zero-order valence-corrected chi connectivity index (χ0v) is 21.1. The zero-order valence-electron chi connectivity index (χ0n) is 21.1. The van der Waals surface area contributed by atoms with Gasteiger partial charge in [0.25, 0.3) is 0 Å². The van der Waals surface area contributed by atoms with Crippen LogP contribution in [0, 0.1) is 0 Å². The summed E-state index contributed by atoms with van der Waals surface area (Å²) in [4.78, 5) is 35.2. The molecule has 0 radical (unpaired) electrons. The SMILES string of the molecule is COc1cccc(CN2CC(=O)N3[C@H](c4cccc5ccccc45)c4[nH]c5ccccc5c4C[C@H]3C2=O)c1. The van der Waals surface area contributed by atoms with Crippen molar-refractivity contribution in [2.75, 3.05) is 13.7 Å². The Hall–Kier alpha value is -4.58. The summed E-state index contributed by atoms with van der Waals surface area (Å²) in [7, 11) is 1.63. The van der Waals surface area contributed by atoms with Gasteiger partial charge in [0.15, 0.2) is 0 Å². The van der Waals surface area contributed by atoms with E-state index >= 15 is 0 Å². The molecule has 0 aliphatic carbocycles. The lowest BCUT2D eigenvalue weighted by Crippen LogP contribution is -2.62. The number of aromatic amines is 1. The van der Waals surface area contributed by atoms with Crippen LogP contribution in [-0.4, -0.2) is 46.3 Å². The molecule has 2 aliphatic heterocycles. The van der Waals surface area contributed by atoms with E-state index in [0.29, 0.717) is 13.0 Å². The molecule has 4 aromatic carbocycles. The molecule has 6 nitrogen and oxygen atoms in total. The van der Waals surface area contributed by atoms with E-state index < -0.39 is 6.04 Å². The molecule has 2 atom stereocenters. The second-order valence-corrected chi connectivity index (χ2v) is 10.1. The van der Waals surface area contributed by atoms with E-state index in [-0.39, 0.29) is 24.4 Å². The molecule has 2 amide bonds. The number of aromatic nitrogens is 1. The van der Waals surface area contributed by atoms with Gasteiger partial charge in [0.2, 0.25) is 11.8 Å². The first kappa shape index (κ1) is 22.6. The number of hydrogen-bond acceptors (Lipinski definition) is 3. The van der Waals surface area contributed by atoms with Gasteiger partial charge < -0.3 is 19.5 Å². The maximum Gasteiger partial charge on any atom is 0.246 e. The highest BCUT2D eigenvalue weighted by Gasteiger charge is 2.48. The minimum absolute atomic E-state index is 0.0198. The first-order chi connectivity index (χ1) is 18.6. The Morgan fingerprint density at radius 1 is 0.895 bits per heavy atom. The van der Waals surface area contributed by atoms with Crippen molar-refractivity contribution in [1.29, 1.82) is 0 Å². The van der Waals surface area contributed by atoms with Gasteiger partial charge in [-0.2, -0.15) is 0 Å². The van der Waals surface area contributed by atoms with Crippen LogP contribution in [0.15, 0.2) is 91.0 Å². The third-order valence-electron chi connectivity index (χ3n) is 7.97. The summed E-state index contributed by atoms with van der Waals surface area (Å²) >= 11 is 0. The third kappa shape index (κ3) is 3.48. The molecular weight excluding hydrogens is 474 g/mol. The number of ether oxygens (including phenoxy) is 1. The van der Waals surface area contributed by atoms with Gasteiger partial charge in [-0.1, -0.05) is 72.8 Å². The van der Waals surface area contributed by atoms with Gasteiger partial charge in [0.05, 0.1) is 13.2 Å². The maximum absolute atomic E-state index is 14.1. The Morgan fingerprint density at radius 3 is 2.53 bits per heavy atom. The van der Waals surface area contributed by atoms with Crippen molar-refractivity contribution in [2.45, 2.75) is 25.0 Å². The number of H-pyrrole nitrogens is 1. The Balaban J connectivity index is 1.36. The van der Waals surface area contributed by atoms with E-state index in [2.05, 4.69) is 41.4 Å². The molecule has 5 aromatic rings. The molecule has 3 heterocycles. The lowest BCUT2D eigenvalue weighted by molar-refractivity contribution is -0.159. The van der Waals surface area contributed by atoms with E-state index in [4.69, 9.17) is 4.74 Å². The van der Waals surface area contributed by atoms with Crippen LogP contribution in [0.1, 0.15) is 28.4 Å². The number of para-hydroxylation sites is 1. The van der Waals surface area contributed by atoms with Crippen molar-refractivity contribution in [2.24, 2.45) is 0 Å². The number of hydrogen-bond donors (Lipinski definition) is 1. The van der Waals surface area contributed by atoms with Crippen molar-refractivity contribution in [3.63, 3.8) is 0 Å². The van der Waals surface area contributed by atoms with Crippen LogP contribution >= 0.6 is 0 Å². The number of nitrogens with one attached hydrogen (secondary N) is 1. The molecule has 2 aliphatic rings. The summed E-state index contributed by atoms with van der Waals surface area (Å²) in [5, 5.41) is 3.31. The van der Waals surface area contributed by atoms with E-state index in [1.165, 1.54) is 0 Å². The summed E-state index contributed by atoms with van der Waals surface area (Å²) in [6, 6.07) is 29.4. The standard InChI is InChI=1S/C32H27N3O3/c1-38-22-11-6-8-20(16-22)18-34-19-29(36)35-28(32(34)37)17-26-24-13-4-5-15-27(24)33-30(26)31(35)25-14-7-10-21-9-2-3-12-23(21)25/h2-16,28,31,33H,17-19H2,1H3/t28-,31+/m0/s1. The molecule has 0 bridgehead atoms. The van der Waals surface area contributed by atoms with Gasteiger partial charge >= 0.3 is 0 Å². The van der Waals surface area contributed by atoms with Crippen LogP contribution in [0.2, 0.25) is 0 Å². The Bertz CT molecular complexity index is 1720. The van der Waals surface area contributed by atoms with E-state index in [1.807, 2.05) is 59.5 Å². The van der Waals surface area contributed by atoms with Gasteiger partial charge in [-0.15, -0.1) is 0 Å². The topological polar surface area (TPSA) is 65.6 Å². The van der Waals surface area contributed by atoms with Crippen molar-refractivity contribution < 1.29 is 14.3 Å². The molecule has 1 N–H and O–H groups in total. The molecular formula is C32H27N3O3. The van der Waals surface area contributed by atoms with E-state index in [9.17, 15) is 9.59 Å². The van der Waals surface area contributed by atoms with Gasteiger partial charge in [-0.25, -0.2) is 0 Å². The normalized spacial score (nSPS) is 19.1. The van der Waals surface area contributed by atoms with Gasteiger partial charge in [0.1, 0.15) is 18.3 Å². The van der Waals surface area contributed by atoms with Crippen LogP contribution in [0.4, 0.5) is 0 Å². The van der Waals surface area contributed by atoms with Crippen LogP contribution in [0.3, 0.4) is 0 Å². The average molecular weight is 502 g/mol. The lowest BCUT2D eigenvalue weighted by Gasteiger charge is -2.47. The quantitative estimate of drug-likeness (QED) is 0.368. The maximum atomic E-state index is 14.1. The number of methoxy groups -OCH3 is 1. The summed E-state index contributed by atoms with van der Waals surface area (Å²) in [5.41, 5.74) is 5.11. The number of carbonyl (C=O) groups excluding carboxylic acids is 2. The second kappa shape index (κ2) is 8.77. The summed E-state index contributed by atoms with van der Waals surface area (Å²) in [5.74, 6) is 0.672. The predicted molar refractivity (Wildman–Crippen MR) is 147 cm³/mol. The summed E-state index contributed by atoms with van der Waals surface area (Å²) < 4.78 is 5.37. The molecule has 188 valence electrons. The van der Waals surface area contributed by atoms with E-state index in [0.717, 1.165) is 49.8 Å². The summed E-state index contributed by atoms with van der Waals surface area (Å²) in [6.45, 7) is 0.412. The van der Waals surface area contributed by atoms with Crippen LogP contribution in [0.25, 0.3) is 21.7 Å². The lowest BCUT2D eigenvalue weighted by atomic mass is 9.84. The second-order valence-electron chi connectivity index (χ2n) is 10.1. The van der Waals surface area contributed by atoms with Crippen molar-refractivity contribution in [3.05, 3.63) is 113 Å². The van der Waals surface area contributed by atoms with Gasteiger partial charge in [-0.05, 0) is 45.7 Å². The summed E-state index contributed by atoms with van der Waals surface area (Å²) in [6.07, 6.45) is 0.486. The Kier molecular flexibility index (Phi) is 5.22. The molecule has 6 heteroatoms. The number of rotatable bonds is 4. The first-order valence-electron chi connectivity index (χ1n) is 12.9. The molecule has 0 unspecified atom stereocenters. The van der Waals surface area contributed by atoms with E-state index in [1.54, 1.807) is 12.0 Å². The monoisotopic (exact) mass is 501 g/mol. The number of piperazine rings is 1. The average Bonchev–Trinajstić information content (AvgIpc) is 3.33. The fourth-order valence-electron chi connectivity index (χ4n) is 6.26. The van der Waals surface area contributed by atoms with Crippen molar-refractivity contribution >= 4 is 33.5 Å². The largest absolute Gasteiger partial charge is 0.497 e. The highest BCUT2D eigenvalue weighted by atomic mass is 16.5. The van der Waals surface area contributed by atoms with Gasteiger partial charge in [0, 0.05) is 29.6 Å². The molecule has 1 aromatic heterocycles. The molecule has 7 rings (SSSR count). The molecule has 38 heavy (non-hydrogen) atoms. The fraction of sp³-hybridized carbons (Fsp3) is 0.188. The highest BCUT2D eigenvalue weighted by Crippen LogP contribution is 2.44. The van der Waals surface area contributed by atoms with Crippen molar-refractivity contribution in [1.82, 2.24) is 14.8 Å². The minimum atomic E-state index is -0.572. The minimum Gasteiger partial charge on any atom is -0.497 e. The first-order valence-corrected chi connectivity index (χ1v) is 12.9. The number of nitrogens with zero attached hydrogens (tertiary/aromatic N) is 2. The van der Waals surface area contributed by atoms with Crippen molar-refractivity contribution in [3.8, 4) is 5.75 Å². The van der Waals surface area contributed by atoms with Crippen LogP contribution < -0.4 is 4.74 Å². The number of fused-ring (bicyclic) bond motifs is 5. The van der Waals surface area contributed by atoms with Crippen LogP contribution in [0.5, 0.6) is 5.75 Å². The Morgan fingerprint density at radius 2 is 1.66 bits per heavy atom. The highest BCUT2D eigenvalue weighted by molar-refractivity contribution is 5.98. The zero-order chi connectivity index (χ0) is 25.8. The third-order valence-corrected chi connectivity index (χ3v) is 7.97. The molecule has 0 saturated carbocycles. The molecule has 1 saturated heterocycles. The molecule has 1 fully saturated rings.